The molecule has 1 amide bonds. The minimum Gasteiger partial charge on any atom is -0.497 e. The molecule has 0 atom stereocenters. The maximum atomic E-state index is 12.6. The number of benzene rings is 2. The second-order valence-electron chi connectivity index (χ2n) is 6.58. The number of carbonyl (C=O) groups excluding carboxylic acids is 1. The van der Waals surface area contributed by atoms with Gasteiger partial charge in [-0.1, -0.05) is 41.3 Å². The summed E-state index contributed by atoms with van der Waals surface area (Å²) in [6, 6.07) is 14.8. The number of methoxy groups -OCH3 is 1. The monoisotopic (exact) mass is 470 g/mol. The normalized spacial score (nSPS) is 10.9. The second-order valence-corrected chi connectivity index (χ2v) is 9.19. The van der Waals surface area contributed by atoms with Crippen LogP contribution in [0.3, 0.4) is 0 Å². The number of hydrogen-bond donors (Lipinski definition) is 2. The first-order chi connectivity index (χ1) is 15.0. The van der Waals surface area contributed by atoms with E-state index in [2.05, 4.69) is 15.3 Å². The van der Waals surface area contributed by atoms with Gasteiger partial charge in [0, 0.05) is 5.69 Å². The molecule has 4 aromatic rings. The number of thiazole rings is 1. The summed E-state index contributed by atoms with van der Waals surface area (Å²) >= 11 is 7.88. The highest BCUT2D eigenvalue weighted by atomic mass is 32.2. The van der Waals surface area contributed by atoms with E-state index in [1.807, 2.05) is 31.2 Å². The van der Waals surface area contributed by atoms with Gasteiger partial charge in [0.05, 0.1) is 18.6 Å². The maximum Gasteiger partial charge on any atom is 0.271 e. The van der Waals surface area contributed by atoms with Crippen molar-refractivity contribution in [3.8, 4) is 11.4 Å². The zero-order valence-corrected chi connectivity index (χ0v) is 19.1. The molecule has 0 radical (unpaired) electrons. The minimum atomic E-state index is -0.272. The summed E-state index contributed by atoms with van der Waals surface area (Å²) < 4.78 is 7.92. The molecule has 10 heteroatoms. The number of nitrogens with zero attached hydrogens (tertiary/aromatic N) is 2. The van der Waals surface area contributed by atoms with Crippen molar-refractivity contribution in [1.29, 1.82) is 0 Å². The Morgan fingerprint density at radius 3 is 2.71 bits per heavy atom. The van der Waals surface area contributed by atoms with Gasteiger partial charge in [0.15, 0.2) is 14.8 Å². The summed E-state index contributed by atoms with van der Waals surface area (Å²) in [7, 11) is 1.58. The van der Waals surface area contributed by atoms with E-state index in [1.165, 1.54) is 11.3 Å². The van der Waals surface area contributed by atoms with Crippen LogP contribution in [0.25, 0.3) is 16.0 Å². The standard InChI is InChI=1S/C21H18N4O3S3/c1-12-5-3-4-6-15(12)25-18-17(31-21(25)29)19(27)24-20(23-18)30-11-16(26)22-13-7-9-14(28-2)10-8-13/h3-10H,11H2,1-2H3,(H,22,26)(H,23,24,27). The largest absolute Gasteiger partial charge is 0.497 e. The van der Waals surface area contributed by atoms with E-state index in [0.29, 0.717) is 30.9 Å². The molecule has 0 bridgehead atoms. The van der Waals surface area contributed by atoms with Gasteiger partial charge in [-0.15, -0.1) is 0 Å². The lowest BCUT2D eigenvalue weighted by atomic mass is 10.2. The Bertz CT molecular complexity index is 1370. The molecule has 158 valence electrons. The Morgan fingerprint density at radius 2 is 2.00 bits per heavy atom. The summed E-state index contributed by atoms with van der Waals surface area (Å²) in [5.41, 5.74) is 2.78. The smallest absolute Gasteiger partial charge is 0.271 e. The van der Waals surface area contributed by atoms with E-state index >= 15 is 0 Å². The molecule has 0 aliphatic rings. The van der Waals surface area contributed by atoms with Crippen LogP contribution in [0.2, 0.25) is 0 Å². The lowest BCUT2D eigenvalue weighted by Gasteiger charge is -2.08. The highest BCUT2D eigenvalue weighted by Crippen LogP contribution is 2.26. The van der Waals surface area contributed by atoms with Crippen LogP contribution in [-0.4, -0.2) is 33.3 Å². The zero-order valence-electron chi connectivity index (χ0n) is 16.7. The summed E-state index contributed by atoms with van der Waals surface area (Å²) in [5.74, 6) is 0.593. The SMILES string of the molecule is COc1ccc(NC(=O)CSc2nc3c(sc(=S)n3-c3ccccc3C)c(=O)[nH]2)cc1. The number of thioether (sulfide) groups is 1. The number of amides is 1. The topological polar surface area (TPSA) is 89.0 Å². The predicted octanol–water partition coefficient (Wildman–Crippen LogP) is 4.55. The van der Waals surface area contributed by atoms with Crippen LogP contribution in [0.15, 0.2) is 58.5 Å². The number of fused-ring (bicyclic) bond motifs is 1. The number of aromatic amines is 1. The van der Waals surface area contributed by atoms with Gasteiger partial charge in [-0.25, -0.2) is 4.98 Å². The lowest BCUT2D eigenvalue weighted by molar-refractivity contribution is -0.113. The van der Waals surface area contributed by atoms with Gasteiger partial charge in [-0.05, 0) is 55.0 Å². The van der Waals surface area contributed by atoms with E-state index in [1.54, 1.807) is 35.9 Å². The van der Waals surface area contributed by atoms with Crippen molar-refractivity contribution in [3.63, 3.8) is 0 Å². The first-order valence-corrected chi connectivity index (χ1v) is 11.5. The van der Waals surface area contributed by atoms with Crippen molar-refractivity contribution >= 4 is 57.3 Å². The quantitative estimate of drug-likeness (QED) is 0.244. The van der Waals surface area contributed by atoms with Crippen molar-refractivity contribution in [2.24, 2.45) is 0 Å². The highest BCUT2D eigenvalue weighted by molar-refractivity contribution is 7.99. The predicted molar refractivity (Wildman–Crippen MR) is 127 cm³/mol. The summed E-state index contributed by atoms with van der Waals surface area (Å²) in [6.07, 6.45) is 0. The van der Waals surface area contributed by atoms with Crippen LogP contribution < -0.4 is 15.6 Å². The fourth-order valence-electron chi connectivity index (χ4n) is 2.99. The molecule has 0 saturated carbocycles. The van der Waals surface area contributed by atoms with Crippen molar-refractivity contribution in [2.75, 3.05) is 18.2 Å². The number of anilines is 1. The zero-order chi connectivity index (χ0) is 22.0. The number of hydrogen-bond acceptors (Lipinski definition) is 7. The molecule has 0 aliphatic heterocycles. The van der Waals surface area contributed by atoms with Crippen molar-refractivity contribution in [1.82, 2.24) is 14.5 Å². The van der Waals surface area contributed by atoms with Crippen molar-refractivity contribution in [3.05, 3.63) is 68.4 Å². The van der Waals surface area contributed by atoms with Gasteiger partial charge in [0.2, 0.25) is 5.91 Å². The number of H-pyrrole nitrogens is 1. The van der Waals surface area contributed by atoms with Crippen LogP contribution in [-0.2, 0) is 4.79 Å². The van der Waals surface area contributed by atoms with E-state index in [0.717, 1.165) is 23.0 Å². The fraction of sp³-hybridized carbons (Fsp3) is 0.143. The van der Waals surface area contributed by atoms with E-state index in [-0.39, 0.29) is 17.2 Å². The van der Waals surface area contributed by atoms with Crippen LogP contribution >= 0.6 is 35.3 Å². The Morgan fingerprint density at radius 1 is 1.26 bits per heavy atom. The minimum absolute atomic E-state index is 0.0930. The van der Waals surface area contributed by atoms with Crippen LogP contribution in [0.5, 0.6) is 5.75 Å². The van der Waals surface area contributed by atoms with Crippen LogP contribution in [0.1, 0.15) is 5.56 Å². The molecular weight excluding hydrogens is 452 g/mol. The van der Waals surface area contributed by atoms with Gasteiger partial charge in [-0.3, -0.25) is 14.2 Å². The molecule has 31 heavy (non-hydrogen) atoms. The third kappa shape index (κ3) is 4.55. The number of rotatable bonds is 6. The number of aromatic nitrogens is 3. The summed E-state index contributed by atoms with van der Waals surface area (Å²) in [5, 5.41) is 3.17. The fourth-order valence-corrected chi connectivity index (χ4v) is 4.91. The summed E-state index contributed by atoms with van der Waals surface area (Å²) in [6.45, 7) is 1.98. The average molecular weight is 471 g/mol. The van der Waals surface area contributed by atoms with E-state index in [9.17, 15) is 9.59 Å². The molecular formula is C21H18N4O3S3. The molecule has 2 N–H and O–H groups in total. The average Bonchev–Trinajstić information content (AvgIpc) is 3.09. The van der Waals surface area contributed by atoms with E-state index in [4.69, 9.17) is 17.0 Å². The number of aryl methyl sites for hydroxylation is 1. The first kappa shape index (κ1) is 21.3. The summed E-state index contributed by atoms with van der Waals surface area (Å²) in [4.78, 5) is 32.3. The molecule has 0 spiro atoms. The number of ether oxygens (including phenoxy) is 1. The van der Waals surface area contributed by atoms with Gasteiger partial charge >= 0.3 is 0 Å². The van der Waals surface area contributed by atoms with Crippen LogP contribution in [0.4, 0.5) is 5.69 Å². The Kier molecular flexibility index (Phi) is 6.21. The molecule has 2 aromatic carbocycles. The Balaban J connectivity index is 1.58. The number of nitrogens with one attached hydrogen (secondary N) is 2. The molecule has 0 saturated heterocycles. The van der Waals surface area contributed by atoms with Gasteiger partial charge in [0.25, 0.3) is 5.56 Å². The number of para-hydroxylation sites is 1. The Labute approximate surface area is 191 Å². The first-order valence-electron chi connectivity index (χ1n) is 9.25. The third-order valence-corrected chi connectivity index (χ3v) is 6.73. The Hall–Kier alpha value is -2.95. The van der Waals surface area contributed by atoms with Gasteiger partial charge < -0.3 is 15.0 Å². The molecule has 0 unspecified atom stereocenters. The number of carbonyl (C=O) groups is 1. The van der Waals surface area contributed by atoms with E-state index < -0.39 is 0 Å². The van der Waals surface area contributed by atoms with Crippen molar-refractivity contribution < 1.29 is 9.53 Å². The molecule has 2 aromatic heterocycles. The molecule has 2 heterocycles. The highest BCUT2D eigenvalue weighted by Gasteiger charge is 2.15. The van der Waals surface area contributed by atoms with Gasteiger partial charge in [0.1, 0.15) is 10.4 Å². The second kappa shape index (κ2) is 9.04. The molecule has 7 nitrogen and oxygen atoms in total. The molecule has 0 aliphatic carbocycles. The van der Waals surface area contributed by atoms with Crippen LogP contribution in [0, 0.1) is 10.9 Å². The van der Waals surface area contributed by atoms with Gasteiger partial charge in [-0.2, -0.15) is 0 Å². The maximum absolute atomic E-state index is 12.6. The molecule has 0 fully saturated rings. The third-order valence-electron chi connectivity index (χ3n) is 4.49. The lowest BCUT2D eigenvalue weighted by Crippen LogP contribution is -2.15. The molecule has 4 rings (SSSR count). The van der Waals surface area contributed by atoms with Crippen molar-refractivity contribution in [2.45, 2.75) is 12.1 Å².